The number of pyridine rings is 1. The topological polar surface area (TPSA) is 107 Å². The maximum atomic E-state index is 12.5. The van der Waals surface area contributed by atoms with Gasteiger partial charge in [-0.3, -0.25) is 4.79 Å². The number of carbonyl (C=O) groups is 1. The number of halogens is 1. The van der Waals surface area contributed by atoms with Crippen molar-refractivity contribution in [2.45, 2.75) is 13.5 Å². The van der Waals surface area contributed by atoms with E-state index in [1.54, 1.807) is 18.3 Å². The lowest BCUT2D eigenvalue weighted by molar-refractivity contribution is 0.0955. The third-order valence-electron chi connectivity index (χ3n) is 3.70. The van der Waals surface area contributed by atoms with Crippen LogP contribution in [0.1, 0.15) is 20.9 Å². The number of hydrogen-bond donors (Lipinski definition) is 2. The van der Waals surface area contributed by atoms with E-state index in [0.29, 0.717) is 43.4 Å². The molecule has 3 N–H and O–H groups in total. The molecule has 136 valence electrons. The molecule has 4 heterocycles. The fourth-order valence-corrected chi connectivity index (χ4v) is 4.18. The molecule has 0 radical (unpaired) electrons. The first-order valence-electron chi connectivity index (χ1n) is 7.88. The minimum absolute atomic E-state index is 0.209. The Morgan fingerprint density at radius 2 is 2.15 bits per heavy atom. The first kappa shape index (κ1) is 17.8. The molecule has 0 saturated heterocycles. The lowest BCUT2D eigenvalue weighted by Crippen LogP contribution is -2.21. The minimum Gasteiger partial charge on any atom is -0.383 e. The summed E-state index contributed by atoms with van der Waals surface area (Å²) in [5.41, 5.74) is 7.83. The number of thiazole rings is 1. The smallest absolute Gasteiger partial charge is 0.261 e. The van der Waals surface area contributed by atoms with E-state index in [4.69, 9.17) is 17.3 Å². The number of hydrogen-bond acceptors (Lipinski definition) is 8. The third kappa shape index (κ3) is 3.75. The van der Waals surface area contributed by atoms with Crippen LogP contribution in [-0.4, -0.2) is 25.8 Å². The number of aryl methyl sites for hydroxylation is 1. The van der Waals surface area contributed by atoms with Gasteiger partial charge in [-0.2, -0.15) is 0 Å². The van der Waals surface area contributed by atoms with Gasteiger partial charge in [0.1, 0.15) is 15.8 Å². The Kier molecular flexibility index (Phi) is 4.73. The number of fused-ring (bicyclic) bond motifs is 1. The first-order valence-corrected chi connectivity index (χ1v) is 9.95. The molecule has 7 nitrogen and oxygen atoms in total. The molecule has 4 aromatic rings. The van der Waals surface area contributed by atoms with Crippen molar-refractivity contribution in [3.05, 3.63) is 51.1 Å². The van der Waals surface area contributed by atoms with Crippen molar-refractivity contribution < 1.29 is 4.79 Å². The number of rotatable bonds is 4. The van der Waals surface area contributed by atoms with Crippen molar-refractivity contribution in [1.29, 1.82) is 0 Å². The van der Waals surface area contributed by atoms with Gasteiger partial charge in [0.25, 0.3) is 5.91 Å². The largest absolute Gasteiger partial charge is 0.383 e. The maximum Gasteiger partial charge on any atom is 0.261 e. The molecule has 0 aliphatic rings. The Hall–Kier alpha value is -2.62. The van der Waals surface area contributed by atoms with Crippen molar-refractivity contribution >= 4 is 56.2 Å². The highest BCUT2D eigenvalue weighted by atomic mass is 35.5. The van der Waals surface area contributed by atoms with Crippen molar-refractivity contribution in [1.82, 2.24) is 25.3 Å². The van der Waals surface area contributed by atoms with E-state index in [-0.39, 0.29) is 5.91 Å². The summed E-state index contributed by atoms with van der Waals surface area (Å²) in [6, 6.07) is 5.20. The molecule has 0 bridgehead atoms. The lowest BCUT2D eigenvalue weighted by atomic mass is 10.3. The number of amides is 1. The number of carbonyl (C=O) groups excluding carboxylic acids is 1. The van der Waals surface area contributed by atoms with E-state index in [2.05, 4.69) is 25.3 Å². The van der Waals surface area contributed by atoms with Crippen molar-refractivity contribution in [3.8, 4) is 10.8 Å². The van der Waals surface area contributed by atoms with Gasteiger partial charge in [0.2, 0.25) is 0 Å². The van der Waals surface area contributed by atoms with Crippen LogP contribution in [0.2, 0.25) is 5.15 Å². The van der Waals surface area contributed by atoms with E-state index in [1.807, 2.05) is 18.4 Å². The summed E-state index contributed by atoms with van der Waals surface area (Å²) in [6.07, 6.45) is 1.62. The molecule has 0 unspecified atom stereocenters. The van der Waals surface area contributed by atoms with E-state index in [9.17, 15) is 4.79 Å². The Morgan fingerprint density at radius 3 is 2.85 bits per heavy atom. The van der Waals surface area contributed by atoms with Crippen LogP contribution in [0, 0.1) is 6.92 Å². The van der Waals surface area contributed by atoms with Crippen molar-refractivity contribution in [3.63, 3.8) is 0 Å². The van der Waals surface area contributed by atoms with Crippen LogP contribution in [0.4, 0.5) is 5.82 Å². The normalized spacial score (nSPS) is 11.0. The molecule has 0 spiro atoms. The standard InChI is InChI=1S/C17H13ClN6OS2/c1-8-7-26-17(22-8)14-23-13(19)10-4-11(27-16(10)24-14)15(25)21-6-9-2-3-12(18)20-5-9/h2-5,7H,6H2,1H3,(H,21,25)(H2,19,23,24). The first-order chi connectivity index (χ1) is 13.0. The molecule has 10 heteroatoms. The average molecular weight is 417 g/mol. The van der Waals surface area contributed by atoms with Gasteiger partial charge in [-0.05, 0) is 24.6 Å². The number of aromatic nitrogens is 4. The summed E-state index contributed by atoms with van der Waals surface area (Å²) in [4.78, 5) is 30.9. The molecule has 1 amide bonds. The highest BCUT2D eigenvalue weighted by molar-refractivity contribution is 7.20. The van der Waals surface area contributed by atoms with Gasteiger partial charge >= 0.3 is 0 Å². The predicted octanol–water partition coefficient (Wildman–Crippen LogP) is 3.68. The molecular formula is C17H13ClN6OS2. The van der Waals surface area contributed by atoms with Gasteiger partial charge in [-0.1, -0.05) is 17.7 Å². The summed E-state index contributed by atoms with van der Waals surface area (Å²) >= 11 is 8.49. The Morgan fingerprint density at radius 1 is 1.30 bits per heavy atom. The van der Waals surface area contributed by atoms with Gasteiger partial charge in [-0.25, -0.2) is 19.9 Å². The molecule has 0 aliphatic carbocycles. The number of thiophene rings is 1. The Labute approximate surface area is 167 Å². The number of nitrogens with two attached hydrogens (primary N) is 1. The minimum atomic E-state index is -0.209. The summed E-state index contributed by atoms with van der Waals surface area (Å²) in [5, 5.41) is 6.56. The van der Waals surface area contributed by atoms with E-state index >= 15 is 0 Å². The van der Waals surface area contributed by atoms with Crippen molar-refractivity contribution in [2.24, 2.45) is 0 Å². The number of nitrogens with zero attached hydrogens (tertiary/aromatic N) is 4. The van der Waals surface area contributed by atoms with Gasteiger partial charge in [0.05, 0.1) is 10.3 Å². The average Bonchev–Trinajstić information content (AvgIpc) is 3.27. The predicted molar refractivity (Wildman–Crippen MR) is 108 cm³/mol. The fraction of sp³-hybridized carbons (Fsp3) is 0.118. The molecule has 4 rings (SSSR count). The zero-order chi connectivity index (χ0) is 19.0. The quantitative estimate of drug-likeness (QED) is 0.491. The summed E-state index contributed by atoms with van der Waals surface area (Å²) < 4.78 is 0. The van der Waals surface area contributed by atoms with Crippen LogP contribution in [0.3, 0.4) is 0 Å². The summed E-state index contributed by atoms with van der Waals surface area (Å²) in [5.74, 6) is 0.596. The Bertz CT molecular complexity index is 1140. The van der Waals surface area contributed by atoms with Gasteiger partial charge in [-0.15, -0.1) is 22.7 Å². The van der Waals surface area contributed by atoms with E-state index in [0.717, 1.165) is 11.3 Å². The highest BCUT2D eigenvalue weighted by Gasteiger charge is 2.16. The second-order valence-corrected chi connectivity index (χ2v) is 8.00. The number of nitrogen functional groups attached to an aromatic ring is 1. The SMILES string of the molecule is Cc1csc(-c2nc(N)c3cc(C(=O)NCc4ccc(Cl)nc4)sc3n2)n1. The molecule has 4 aromatic heterocycles. The highest BCUT2D eigenvalue weighted by Crippen LogP contribution is 2.31. The van der Waals surface area contributed by atoms with Crippen LogP contribution in [0.25, 0.3) is 21.0 Å². The van der Waals surface area contributed by atoms with Crippen LogP contribution in [0.15, 0.2) is 29.8 Å². The molecule has 0 atom stereocenters. The van der Waals surface area contributed by atoms with Gasteiger partial charge in [0.15, 0.2) is 10.8 Å². The monoisotopic (exact) mass is 416 g/mol. The van der Waals surface area contributed by atoms with Crippen LogP contribution >= 0.6 is 34.3 Å². The zero-order valence-corrected chi connectivity index (χ0v) is 16.5. The van der Waals surface area contributed by atoms with Gasteiger partial charge < -0.3 is 11.1 Å². The maximum absolute atomic E-state index is 12.5. The number of nitrogens with one attached hydrogen (secondary N) is 1. The van der Waals surface area contributed by atoms with Crippen molar-refractivity contribution in [2.75, 3.05) is 5.73 Å². The van der Waals surface area contributed by atoms with Crippen LogP contribution in [0.5, 0.6) is 0 Å². The van der Waals surface area contributed by atoms with E-state index < -0.39 is 0 Å². The molecule has 0 saturated carbocycles. The van der Waals surface area contributed by atoms with Gasteiger partial charge in [0, 0.05) is 23.8 Å². The van der Waals surface area contributed by atoms with Crippen LogP contribution in [-0.2, 0) is 6.54 Å². The Balaban J connectivity index is 1.58. The molecule has 27 heavy (non-hydrogen) atoms. The molecule has 0 aromatic carbocycles. The molecular weight excluding hydrogens is 404 g/mol. The third-order valence-corrected chi connectivity index (χ3v) is 5.91. The summed E-state index contributed by atoms with van der Waals surface area (Å²) in [6.45, 7) is 2.26. The molecule has 0 aliphatic heterocycles. The molecule has 0 fully saturated rings. The summed E-state index contributed by atoms with van der Waals surface area (Å²) in [7, 11) is 0. The van der Waals surface area contributed by atoms with Crippen LogP contribution < -0.4 is 11.1 Å². The second-order valence-electron chi connectivity index (χ2n) is 5.73. The number of anilines is 1. The second kappa shape index (κ2) is 7.18. The van der Waals surface area contributed by atoms with E-state index in [1.165, 1.54) is 22.7 Å². The lowest BCUT2D eigenvalue weighted by Gasteiger charge is -2.03. The zero-order valence-electron chi connectivity index (χ0n) is 14.1. The fourth-order valence-electron chi connectivity index (χ4n) is 2.39.